The van der Waals surface area contributed by atoms with Crippen molar-refractivity contribution in [3.05, 3.63) is 23.8 Å². The van der Waals surface area contributed by atoms with Gasteiger partial charge in [-0.05, 0) is 43.9 Å². The number of carboxylic acids is 1. The summed E-state index contributed by atoms with van der Waals surface area (Å²) in [4.78, 5) is 10.9. The van der Waals surface area contributed by atoms with Gasteiger partial charge < -0.3 is 9.84 Å². The average Bonchev–Trinajstić information content (AvgIpc) is 2.34. The first-order valence-corrected chi connectivity index (χ1v) is 8.27. The van der Waals surface area contributed by atoms with Crippen molar-refractivity contribution in [2.75, 3.05) is 7.11 Å². The lowest BCUT2D eigenvalue weighted by Crippen LogP contribution is -2.40. The number of hydrogen-bond acceptors (Lipinski definition) is 4. The minimum Gasteiger partial charge on any atom is -0.495 e. The molecule has 1 unspecified atom stereocenters. The van der Waals surface area contributed by atoms with Gasteiger partial charge in [-0.2, -0.15) is 0 Å². The summed E-state index contributed by atoms with van der Waals surface area (Å²) in [6.07, 6.45) is 3.19. The normalized spacial score (nSPS) is 17.0. The maximum absolute atomic E-state index is 12.4. The van der Waals surface area contributed by atoms with E-state index >= 15 is 0 Å². The quantitative estimate of drug-likeness (QED) is 0.836. The van der Waals surface area contributed by atoms with Crippen LogP contribution in [0.5, 0.6) is 5.75 Å². The van der Waals surface area contributed by atoms with E-state index in [1.54, 1.807) is 0 Å². The molecular weight excluding hydrogens is 294 g/mol. The molecule has 1 aliphatic rings. The van der Waals surface area contributed by atoms with Crippen molar-refractivity contribution in [1.82, 2.24) is 4.72 Å². The summed E-state index contributed by atoms with van der Waals surface area (Å²) < 4.78 is 32.5. The summed E-state index contributed by atoms with van der Waals surface area (Å²) in [5.41, 5.74) is -0.0159. The second-order valence-electron chi connectivity index (χ2n) is 5.27. The van der Waals surface area contributed by atoms with Crippen molar-refractivity contribution in [2.45, 2.75) is 37.1 Å². The Balaban J connectivity index is 2.28. The zero-order valence-corrected chi connectivity index (χ0v) is 12.8. The summed E-state index contributed by atoms with van der Waals surface area (Å²) in [6, 6.07) is 3.59. The minimum absolute atomic E-state index is 0.0159. The van der Waals surface area contributed by atoms with Gasteiger partial charge in [0, 0.05) is 6.04 Å². The zero-order chi connectivity index (χ0) is 15.6. The van der Waals surface area contributed by atoms with Crippen LogP contribution < -0.4 is 9.46 Å². The maximum Gasteiger partial charge on any atom is 0.335 e. The number of methoxy groups -OCH3 is 1. The number of benzene rings is 1. The predicted molar refractivity (Wildman–Crippen MR) is 77.1 cm³/mol. The van der Waals surface area contributed by atoms with Gasteiger partial charge in [-0.1, -0.05) is 6.42 Å². The SMILES string of the molecule is COc1cc(C(=O)O)ccc1S(=O)(=O)NC(C)C1CCC1. The van der Waals surface area contributed by atoms with Crippen LogP contribution in [0.1, 0.15) is 36.5 Å². The van der Waals surface area contributed by atoms with Crippen LogP contribution in [0.2, 0.25) is 0 Å². The van der Waals surface area contributed by atoms with Crippen molar-refractivity contribution < 1.29 is 23.1 Å². The number of sulfonamides is 1. The van der Waals surface area contributed by atoms with Crippen molar-refractivity contribution in [1.29, 1.82) is 0 Å². The molecule has 1 fully saturated rings. The van der Waals surface area contributed by atoms with Crippen LogP contribution in [0.15, 0.2) is 23.1 Å². The molecule has 1 aromatic rings. The molecule has 1 aliphatic carbocycles. The van der Waals surface area contributed by atoms with E-state index in [1.807, 2.05) is 6.92 Å². The summed E-state index contributed by atoms with van der Waals surface area (Å²) in [7, 11) is -2.42. The van der Waals surface area contributed by atoms with Gasteiger partial charge in [0.1, 0.15) is 10.6 Å². The molecule has 2 rings (SSSR count). The van der Waals surface area contributed by atoms with Gasteiger partial charge >= 0.3 is 5.97 Å². The van der Waals surface area contributed by atoms with E-state index < -0.39 is 16.0 Å². The Hall–Kier alpha value is -1.60. The van der Waals surface area contributed by atoms with Crippen LogP contribution in [0.25, 0.3) is 0 Å². The first kappa shape index (κ1) is 15.8. The largest absolute Gasteiger partial charge is 0.495 e. The molecule has 0 spiro atoms. The van der Waals surface area contributed by atoms with Crippen molar-refractivity contribution >= 4 is 16.0 Å². The van der Waals surface area contributed by atoms with Crippen molar-refractivity contribution in [3.8, 4) is 5.75 Å². The Morgan fingerprint density at radius 1 is 1.43 bits per heavy atom. The molecule has 1 aromatic carbocycles. The molecule has 0 radical (unpaired) electrons. The summed E-state index contributed by atoms with van der Waals surface area (Å²) in [5, 5.41) is 8.94. The molecule has 7 heteroatoms. The van der Waals surface area contributed by atoms with Gasteiger partial charge in [0.25, 0.3) is 0 Å². The highest BCUT2D eigenvalue weighted by molar-refractivity contribution is 7.89. The second kappa shape index (κ2) is 6.03. The van der Waals surface area contributed by atoms with E-state index in [1.165, 1.54) is 25.3 Å². The maximum atomic E-state index is 12.4. The molecule has 0 amide bonds. The van der Waals surface area contributed by atoms with E-state index in [2.05, 4.69) is 4.72 Å². The standard InChI is InChI=1S/C14H19NO5S/c1-9(10-4-3-5-10)15-21(18,19)13-7-6-11(14(16)17)8-12(13)20-2/h6-10,15H,3-5H2,1-2H3,(H,16,17). The Bertz CT molecular complexity index is 637. The molecule has 1 atom stereocenters. The number of hydrogen-bond donors (Lipinski definition) is 2. The molecule has 1 saturated carbocycles. The minimum atomic E-state index is -3.73. The third-order valence-electron chi connectivity index (χ3n) is 3.90. The molecule has 0 saturated heterocycles. The van der Waals surface area contributed by atoms with Crippen LogP contribution in [0, 0.1) is 5.92 Å². The summed E-state index contributed by atoms with van der Waals surface area (Å²) >= 11 is 0. The zero-order valence-electron chi connectivity index (χ0n) is 12.0. The van der Waals surface area contributed by atoms with E-state index in [9.17, 15) is 13.2 Å². The van der Waals surface area contributed by atoms with Crippen LogP contribution in [-0.2, 0) is 10.0 Å². The molecule has 2 N–H and O–H groups in total. The van der Waals surface area contributed by atoms with E-state index in [0.717, 1.165) is 19.3 Å². The number of rotatable bonds is 6. The third kappa shape index (κ3) is 3.36. The monoisotopic (exact) mass is 313 g/mol. The average molecular weight is 313 g/mol. The molecule has 0 aromatic heterocycles. The topological polar surface area (TPSA) is 92.7 Å². The highest BCUT2D eigenvalue weighted by atomic mass is 32.2. The predicted octanol–water partition coefficient (Wildman–Crippen LogP) is 1.86. The summed E-state index contributed by atoms with van der Waals surface area (Å²) in [6.45, 7) is 1.85. The highest BCUT2D eigenvalue weighted by Crippen LogP contribution is 2.31. The van der Waals surface area contributed by atoms with Gasteiger partial charge in [-0.15, -0.1) is 0 Å². The molecule has 0 aliphatic heterocycles. The lowest BCUT2D eigenvalue weighted by Gasteiger charge is -2.31. The van der Waals surface area contributed by atoms with Gasteiger partial charge in [0.05, 0.1) is 12.7 Å². The number of ether oxygens (including phenoxy) is 1. The number of nitrogens with one attached hydrogen (secondary N) is 1. The van der Waals surface area contributed by atoms with E-state index in [0.29, 0.717) is 5.92 Å². The fourth-order valence-electron chi connectivity index (χ4n) is 2.37. The lowest BCUT2D eigenvalue weighted by atomic mass is 9.81. The van der Waals surface area contributed by atoms with Gasteiger partial charge in [-0.3, -0.25) is 0 Å². The Morgan fingerprint density at radius 3 is 2.57 bits per heavy atom. The second-order valence-corrected chi connectivity index (χ2v) is 6.95. The highest BCUT2D eigenvalue weighted by Gasteiger charge is 2.29. The lowest BCUT2D eigenvalue weighted by molar-refractivity contribution is 0.0696. The molecule has 0 heterocycles. The van der Waals surface area contributed by atoms with Crippen LogP contribution in [0.3, 0.4) is 0 Å². The molecule has 6 nitrogen and oxygen atoms in total. The summed E-state index contributed by atoms with van der Waals surface area (Å²) in [5.74, 6) is -0.736. The number of aromatic carboxylic acids is 1. The Morgan fingerprint density at radius 2 is 2.10 bits per heavy atom. The molecule has 0 bridgehead atoms. The molecular formula is C14H19NO5S. The van der Waals surface area contributed by atoms with Crippen molar-refractivity contribution in [3.63, 3.8) is 0 Å². The van der Waals surface area contributed by atoms with Crippen LogP contribution >= 0.6 is 0 Å². The van der Waals surface area contributed by atoms with E-state index in [-0.39, 0.29) is 22.3 Å². The number of carboxylic acid groups (broad SMARTS) is 1. The van der Waals surface area contributed by atoms with Gasteiger partial charge in [0.15, 0.2) is 0 Å². The van der Waals surface area contributed by atoms with Gasteiger partial charge in [-0.25, -0.2) is 17.9 Å². The fraction of sp³-hybridized carbons (Fsp3) is 0.500. The number of carbonyl (C=O) groups is 1. The van der Waals surface area contributed by atoms with E-state index in [4.69, 9.17) is 9.84 Å². The Labute approximate surface area is 124 Å². The fourth-order valence-corrected chi connectivity index (χ4v) is 3.83. The van der Waals surface area contributed by atoms with Gasteiger partial charge in [0.2, 0.25) is 10.0 Å². The molecule has 21 heavy (non-hydrogen) atoms. The van der Waals surface area contributed by atoms with Crippen molar-refractivity contribution in [2.24, 2.45) is 5.92 Å². The molecule has 116 valence electrons. The van der Waals surface area contributed by atoms with Crippen LogP contribution in [0.4, 0.5) is 0 Å². The smallest absolute Gasteiger partial charge is 0.335 e. The first-order chi connectivity index (χ1) is 9.85. The Kier molecular flexibility index (Phi) is 4.53. The first-order valence-electron chi connectivity index (χ1n) is 6.79. The van der Waals surface area contributed by atoms with Crippen LogP contribution in [-0.4, -0.2) is 32.6 Å². The third-order valence-corrected chi connectivity index (χ3v) is 5.50.